The Labute approximate surface area is 222 Å². The van der Waals surface area contributed by atoms with E-state index in [0.29, 0.717) is 30.2 Å². The highest BCUT2D eigenvalue weighted by Crippen LogP contribution is 2.38. The molecule has 1 unspecified atom stereocenters. The number of fused-ring (bicyclic) bond motifs is 1. The highest BCUT2D eigenvalue weighted by Gasteiger charge is 2.34. The van der Waals surface area contributed by atoms with Gasteiger partial charge in [0, 0.05) is 29.6 Å². The Morgan fingerprint density at radius 2 is 1.62 bits per heavy atom. The van der Waals surface area contributed by atoms with Crippen LogP contribution in [0.4, 0.5) is 0 Å². The van der Waals surface area contributed by atoms with E-state index in [1.807, 2.05) is 43.0 Å². The number of carbonyl (C=O) groups excluding carboxylic acids is 2. The van der Waals surface area contributed by atoms with Crippen LogP contribution in [-0.4, -0.2) is 62.6 Å². The summed E-state index contributed by atoms with van der Waals surface area (Å²) in [6.45, 7) is 5.11. The molecule has 1 atom stereocenters. The Bertz CT molecular complexity index is 1220. The van der Waals surface area contributed by atoms with Gasteiger partial charge in [-0.25, -0.2) is 0 Å². The minimum Gasteiger partial charge on any atom is -0.497 e. The van der Waals surface area contributed by atoms with Crippen LogP contribution in [0.2, 0.25) is 0 Å². The summed E-state index contributed by atoms with van der Waals surface area (Å²) in [6, 6.07) is 14.8. The third-order valence-electron chi connectivity index (χ3n) is 6.52. The normalized spacial score (nSPS) is 14.8. The lowest BCUT2D eigenvalue weighted by molar-refractivity contribution is -0.134. The Balaban J connectivity index is 1.63. The molecule has 7 nitrogen and oxygen atoms in total. The zero-order valence-electron chi connectivity index (χ0n) is 22.0. The number of nitrogens with zero attached hydrogens (tertiary/aromatic N) is 2. The molecule has 0 saturated heterocycles. The fourth-order valence-electron chi connectivity index (χ4n) is 4.76. The molecule has 2 aromatic carbocycles. The molecule has 2 heterocycles. The van der Waals surface area contributed by atoms with Crippen LogP contribution in [0.25, 0.3) is 0 Å². The first-order chi connectivity index (χ1) is 17.8. The zero-order valence-corrected chi connectivity index (χ0v) is 22.8. The average molecular weight is 523 g/mol. The molecule has 0 N–H and O–H groups in total. The largest absolute Gasteiger partial charge is 0.497 e. The van der Waals surface area contributed by atoms with Gasteiger partial charge in [0.15, 0.2) is 0 Å². The molecule has 196 valence electrons. The van der Waals surface area contributed by atoms with E-state index in [2.05, 4.69) is 11.4 Å². The number of hydrogen-bond donors (Lipinski definition) is 0. The van der Waals surface area contributed by atoms with Gasteiger partial charge < -0.3 is 24.0 Å². The lowest BCUT2D eigenvalue weighted by Crippen LogP contribution is -2.47. The SMILES string of the molecule is COc1ccc(C2c3ccsc3CCN2C(=O)CN(CC(C)C)C(=O)c2cc(OC)cc(OC)c2)cc1. The molecular formula is C29H34N2O5S. The summed E-state index contributed by atoms with van der Waals surface area (Å²) in [5, 5.41) is 2.08. The van der Waals surface area contributed by atoms with Crippen molar-refractivity contribution in [2.45, 2.75) is 26.3 Å². The van der Waals surface area contributed by atoms with Crippen molar-refractivity contribution >= 4 is 23.2 Å². The Kier molecular flexibility index (Phi) is 8.38. The van der Waals surface area contributed by atoms with Gasteiger partial charge in [-0.05, 0) is 59.2 Å². The Morgan fingerprint density at radius 1 is 0.973 bits per heavy atom. The first-order valence-electron chi connectivity index (χ1n) is 12.4. The smallest absolute Gasteiger partial charge is 0.254 e. The molecule has 2 amide bonds. The lowest BCUT2D eigenvalue weighted by atomic mass is 9.93. The topological polar surface area (TPSA) is 68.3 Å². The fraction of sp³-hybridized carbons (Fsp3) is 0.379. The van der Waals surface area contributed by atoms with Crippen molar-refractivity contribution < 1.29 is 23.8 Å². The quantitative estimate of drug-likeness (QED) is 0.394. The van der Waals surface area contributed by atoms with Crippen LogP contribution in [0.5, 0.6) is 17.2 Å². The third-order valence-corrected chi connectivity index (χ3v) is 7.51. The van der Waals surface area contributed by atoms with Crippen LogP contribution in [0.1, 0.15) is 46.3 Å². The van der Waals surface area contributed by atoms with E-state index in [-0.39, 0.29) is 30.3 Å². The van der Waals surface area contributed by atoms with E-state index in [1.54, 1.807) is 55.8 Å². The summed E-state index contributed by atoms with van der Waals surface area (Å²) in [5.74, 6) is 1.70. The third kappa shape index (κ3) is 5.91. The molecule has 8 heteroatoms. The molecule has 0 aliphatic carbocycles. The highest BCUT2D eigenvalue weighted by atomic mass is 32.1. The Morgan fingerprint density at radius 3 is 2.22 bits per heavy atom. The van der Waals surface area contributed by atoms with Gasteiger partial charge in [0.25, 0.3) is 5.91 Å². The van der Waals surface area contributed by atoms with E-state index in [9.17, 15) is 9.59 Å². The maximum atomic E-state index is 13.9. The molecule has 0 radical (unpaired) electrons. The number of hydrogen-bond acceptors (Lipinski definition) is 6. The molecule has 0 saturated carbocycles. The fourth-order valence-corrected chi connectivity index (χ4v) is 5.66. The van der Waals surface area contributed by atoms with Gasteiger partial charge >= 0.3 is 0 Å². The van der Waals surface area contributed by atoms with Crippen LogP contribution in [0.15, 0.2) is 53.9 Å². The molecule has 0 spiro atoms. The monoisotopic (exact) mass is 522 g/mol. The predicted octanol–water partition coefficient (Wildman–Crippen LogP) is 5.05. The molecule has 0 bridgehead atoms. The predicted molar refractivity (Wildman–Crippen MR) is 145 cm³/mol. The molecule has 4 rings (SSSR count). The van der Waals surface area contributed by atoms with Crippen molar-refractivity contribution in [3.8, 4) is 17.2 Å². The number of amides is 2. The molecule has 1 aromatic heterocycles. The average Bonchev–Trinajstić information content (AvgIpc) is 3.40. The van der Waals surface area contributed by atoms with Crippen LogP contribution in [-0.2, 0) is 11.2 Å². The number of thiophene rings is 1. The number of rotatable bonds is 9. The zero-order chi connectivity index (χ0) is 26.5. The molecule has 37 heavy (non-hydrogen) atoms. The second kappa shape index (κ2) is 11.7. The van der Waals surface area contributed by atoms with Crippen molar-refractivity contribution in [2.24, 2.45) is 5.92 Å². The Hall–Kier alpha value is -3.52. The van der Waals surface area contributed by atoms with Gasteiger partial charge in [-0.1, -0.05) is 26.0 Å². The first-order valence-corrected chi connectivity index (χ1v) is 13.2. The minimum absolute atomic E-state index is 0.0112. The van der Waals surface area contributed by atoms with Crippen LogP contribution < -0.4 is 14.2 Å². The summed E-state index contributed by atoms with van der Waals surface area (Å²) in [4.78, 5) is 32.4. The van der Waals surface area contributed by atoms with Gasteiger partial charge in [0.05, 0.1) is 27.4 Å². The molecule has 3 aromatic rings. The summed E-state index contributed by atoms with van der Waals surface area (Å²) in [7, 11) is 4.74. The molecule has 0 fully saturated rings. The second-order valence-electron chi connectivity index (χ2n) is 9.49. The van der Waals surface area contributed by atoms with Gasteiger partial charge in [-0.15, -0.1) is 11.3 Å². The van der Waals surface area contributed by atoms with Crippen LogP contribution >= 0.6 is 11.3 Å². The summed E-state index contributed by atoms with van der Waals surface area (Å²) in [6.07, 6.45) is 0.802. The second-order valence-corrected chi connectivity index (χ2v) is 10.5. The van der Waals surface area contributed by atoms with Crippen molar-refractivity contribution in [3.05, 3.63) is 75.5 Å². The minimum atomic E-state index is -0.228. The van der Waals surface area contributed by atoms with Crippen molar-refractivity contribution in [1.82, 2.24) is 9.80 Å². The maximum absolute atomic E-state index is 13.9. The van der Waals surface area contributed by atoms with E-state index in [4.69, 9.17) is 14.2 Å². The number of methoxy groups -OCH3 is 3. The highest BCUT2D eigenvalue weighted by molar-refractivity contribution is 7.10. The summed E-state index contributed by atoms with van der Waals surface area (Å²) in [5.41, 5.74) is 2.59. The number of carbonyl (C=O) groups is 2. The first kappa shape index (κ1) is 26.5. The summed E-state index contributed by atoms with van der Waals surface area (Å²) >= 11 is 1.73. The van der Waals surface area contributed by atoms with E-state index in [0.717, 1.165) is 23.3 Å². The van der Waals surface area contributed by atoms with Gasteiger partial charge in [0.2, 0.25) is 5.91 Å². The maximum Gasteiger partial charge on any atom is 0.254 e. The lowest BCUT2D eigenvalue weighted by Gasteiger charge is -2.38. The van der Waals surface area contributed by atoms with E-state index < -0.39 is 0 Å². The van der Waals surface area contributed by atoms with Crippen molar-refractivity contribution in [1.29, 1.82) is 0 Å². The van der Waals surface area contributed by atoms with Gasteiger partial charge in [-0.3, -0.25) is 9.59 Å². The van der Waals surface area contributed by atoms with Crippen molar-refractivity contribution in [3.63, 3.8) is 0 Å². The number of benzene rings is 2. The van der Waals surface area contributed by atoms with Gasteiger partial charge in [0.1, 0.15) is 23.8 Å². The molecule has 1 aliphatic rings. The molecular weight excluding hydrogens is 488 g/mol. The van der Waals surface area contributed by atoms with Gasteiger partial charge in [-0.2, -0.15) is 0 Å². The molecule has 1 aliphatic heterocycles. The van der Waals surface area contributed by atoms with Crippen LogP contribution in [0.3, 0.4) is 0 Å². The van der Waals surface area contributed by atoms with Crippen LogP contribution in [0, 0.1) is 5.92 Å². The number of ether oxygens (including phenoxy) is 3. The standard InChI is InChI=1S/C29H34N2O5S/c1-19(2)17-30(29(33)21-14-23(35-4)16-24(15-21)36-5)18-27(32)31-12-10-26-25(11-13-37-26)28(31)20-6-8-22(34-3)9-7-20/h6-9,11,13-16,19,28H,10,12,17-18H2,1-5H3. The van der Waals surface area contributed by atoms with Crippen molar-refractivity contribution in [2.75, 3.05) is 41.0 Å². The van der Waals surface area contributed by atoms with E-state index >= 15 is 0 Å². The summed E-state index contributed by atoms with van der Waals surface area (Å²) < 4.78 is 16.0. The van der Waals surface area contributed by atoms with E-state index in [1.165, 1.54) is 4.88 Å².